The number of hydrogen-bond donors (Lipinski definition) is 1. The van der Waals surface area contributed by atoms with Gasteiger partial charge >= 0.3 is 6.01 Å². The molecule has 0 radical (unpaired) electrons. The molecule has 5 nitrogen and oxygen atoms in total. The van der Waals surface area contributed by atoms with Crippen LogP contribution in [-0.2, 0) is 4.74 Å². The Morgan fingerprint density at radius 1 is 1.73 bits per heavy atom. The van der Waals surface area contributed by atoms with Gasteiger partial charge in [0, 0.05) is 6.42 Å². The summed E-state index contributed by atoms with van der Waals surface area (Å²) in [6, 6.07) is 0.473. The minimum absolute atomic E-state index is 0.142. The van der Waals surface area contributed by atoms with Gasteiger partial charge in [0.2, 0.25) is 0 Å². The fraction of sp³-hybridized carbons (Fsp3) is 0.667. The molecule has 2 heterocycles. The third-order valence-electron chi connectivity index (χ3n) is 1.56. The zero-order valence-electron chi connectivity index (χ0n) is 5.99. The second-order valence-corrected chi connectivity index (χ2v) is 2.39. The number of nitrogens with one attached hydrogen (secondary N) is 1. The maximum Gasteiger partial charge on any atom is 0.312 e. The zero-order valence-corrected chi connectivity index (χ0v) is 5.99. The number of rotatable bonds is 2. The molecule has 60 valence electrons. The van der Waals surface area contributed by atoms with Gasteiger partial charge in [0.05, 0.1) is 13.2 Å². The SMILES string of the molecule is c1n[nH]c(OC2CCOC2)n1. The van der Waals surface area contributed by atoms with E-state index in [2.05, 4.69) is 15.2 Å². The van der Waals surface area contributed by atoms with Crippen molar-refractivity contribution in [3.05, 3.63) is 6.33 Å². The van der Waals surface area contributed by atoms with Gasteiger partial charge in [-0.25, -0.2) is 5.10 Å². The second-order valence-electron chi connectivity index (χ2n) is 2.39. The Balaban J connectivity index is 1.90. The van der Waals surface area contributed by atoms with Crippen LogP contribution in [0.5, 0.6) is 6.01 Å². The van der Waals surface area contributed by atoms with Crippen molar-refractivity contribution in [3.63, 3.8) is 0 Å². The molecule has 1 unspecified atom stereocenters. The number of aromatic amines is 1. The highest BCUT2D eigenvalue weighted by Gasteiger charge is 2.17. The summed E-state index contributed by atoms with van der Waals surface area (Å²) in [5, 5.41) is 6.29. The highest BCUT2D eigenvalue weighted by atomic mass is 16.6. The Bertz CT molecular complexity index is 206. The van der Waals surface area contributed by atoms with Gasteiger partial charge in [-0.3, -0.25) is 0 Å². The molecule has 1 saturated heterocycles. The first-order valence-corrected chi connectivity index (χ1v) is 3.55. The number of aromatic nitrogens is 3. The van der Waals surface area contributed by atoms with Crippen molar-refractivity contribution in [2.45, 2.75) is 12.5 Å². The average Bonchev–Trinajstić information content (AvgIpc) is 2.60. The number of nitrogens with zero attached hydrogens (tertiary/aromatic N) is 2. The fourth-order valence-electron chi connectivity index (χ4n) is 1.01. The van der Waals surface area contributed by atoms with Crippen LogP contribution in [0.2, 0.25) is 0 Å². The first kappa shape index (κ1) is 6.60. The number of H-pyrrole nitrogens is 1. The van der Waals surface area contributed by atoms with Crippen molar-refractivity contribution in [2.24, 2.45) is 0 Å². The molecule has 0 aromatic carbocycles. The Labute approximate surface area is 63.7 Å². The van der Waals surface area contributed by atoms with Gasteiger partial charge in [0.15, 0.2) is 0 Å². The molecule has 1 atom stereocenters. The van der Waals surface area contributed by atoms with E-state index in [-0.39, 0.29) is 6.10 Å². The first-order valence-electron chi connectivity index (χ1n) is 3.55. The molecule has 1 aromatic heterocycles. The topological polar surface area (TPSA) is 60.0 Å². The molecule has 1 fully saturated rings. The standard InChI is InChI=1S/C6H9N3O2/c1-2-10-3-5(1)11-6-7-4-8-9-6/h4-5H,1-3H2,(H,7,8,9). The largest absolute Gasteiger partial charge is 0.458 e. The quantitative estimate of drug-likeness (QED) is 0.651. The van der Waals surface area contributed by atoms with Gasteiger partial charge in [-0.1, -0.05) is 0 Å². The predicted molar refractivity (Wildman–Crippen MR) is 36.2 cm³/mol. The van der Waals surface area contributed by atoms with E-state index in [1.165, 1.54) is 6.33 Å². The lowest BCUT2D eigenvalue weighted by Crippen LogP contribution is -2.16. The summed E-state index contributed by atoms with van der Waals surface area (Å²) in [5.41, 5.74) is 0. The molecular weight excluding hydrogens is 146 g/mol. The second kappa shape index (κ2) is 2.87. The van der Waals surface area contributed by atoms with Gasteiger partial charge < -0.3 is 9.47 Å². The lowest BCUT2D eigenvalue weighted by atomic mass is 10.3. The van der Waals surface area contributed by atoms with E-state index in [4.69, 9.17) is 9.47 Å². The highest BCUT2D eigenvalue weighted by Crippen LogP contribution is 2.10. The lowest BCUT2D eigenvalue weighted by molar-refractivity contribution is 0.134. The molecule has 0 bridgehead atoms. The van der Waals surface area contributed by atoms with Crippen LogP contribution in [-0.4, -0.2) is 34.5 Å². The van der Waals surface area contributed by atoms with Crippen molar-refractivity contribution in [2.75, 3.05) is 13.2 Å². The molecule has 1 aromatic rings. The van der Waals surface area contributed by atoms with Gasteiger partial charge in [-0.15, -0.1) is 0 Å². The van der Waals surface area contributed by atoms with Crippen molar-refractivity contribution in [3.8, 4) is 6.01 Å². The molecular formula is C6H9N3O2. The smallest absolute Gasteiger partial charge is 0.312 e. The summed E-state index contributed by atoms with van der Waals surface area (Å²) in [7, 11) is 0. The summed E-state index contributed by atoms with van der Waals surface area (Å²) in [4.78, 5) is 3.84. The van der Waals surface area contributed by atoms with Crippen LogP contribution in [0.3, 0.4) is 0 Å². The fourth-order valence-corrected chi connectivity index (χ4v) is 1.01. The maximum absolute atomic E-state index is 5.36. The zero-order chi connectivity index (χ0) is 7.52. The molecule has 1 N–H and O–H groups in total. The van der Waals surface area contributed by atoms with Crippen molar-refractivity contribution in [1.82, 2.24) is 15.2 Å². The Hall–Kier alpha value is -1.10. The van der Waals surface area contributed by atoms with E-state index in [0.29, 0.717) is 12.6 Å². The van der Waals surface area contributed by atoms with Crippen LogP contribution in [0, 0.1) is 0 Å². The summed E-state index contributed by atoms with van der Waals surface area (Å²) in [5.74, 6) is 0. The van der Waals surface area contributed by atoms with E-state index in [1.54, 1.807) is 0 Å². The molecule has 2 rings (SSSR count). The van der Waals surface area contributed by atoms with Gasteiger partial charge in [0.1, 0.15) is 12.4 Å². The van der Waals surface area contributed by atoms with Crippen LogP contribution in [0.4, 0.5) is 0 Å². The Morgan fingerprint density at radius 3 is 3.36 bits per heavy atom. The lowest BCUT2D eigenvalue weighted by Gasteiger charge is -2.06. The van der Waals surface area contributed by atoms with Crippen molar-refractivity contribution >= 4 is 0 Å². The van der Waals surface area contributed by atoms with Crippen molar-refractivity contribution in [1.29, 1.82) is 0 Å². The molecule has 0 saturated carbocycles. The summed E-state index contributed by atoms with van der Waals surface area (Å²) < 4.78 is 10.5. The molecule has 0 aliphatic carbocycles. The van der Waals surface area contributed by atoms with Crippen LogP contribution in [0.25, 0.3) is 0 Å². The van der Waals surface area contributed by atoms with Crippen LogP contribution >= 0.6 is 0 Å². The molecule has 0 spiro atoms. The van der Waals surface area contributed by atoms with E-state index in [1.807, 2.05) is 0 Å². The minimum atomic E-state index is 0.142. The maximum atomic E-state index is 5.36. The first-order chi connectivity index (χ1) is 5.45. The molecule has 1 aliphatic heterocycles. The summed E-state index contributed by atoms with van der Waals surface area (Å²) in [6.07, 6.45) is 2.49. The van der Waals surface area contributed by atoms with E-state index in [0.717, 1.165) is 13.0 Å². The van der Waals surface area contributed by atoms with Gasteiger partial charge in [-0.05, 0) is 0 Å². The average molecular weight is 155 g/mol. The number of ether oxygens (including phenoxy) is 2. The molecule has 0 amide bonds. The van der Waals surface area contributed by atoms with Crippen LogP contribution in [0.15, 0.2) is 6.33 Å². The molecule has 5 heteroatoms. The predicted octanol–water partition coefficient (Wildman–Crippen LogP) is -0.0276. The van der Waals surface area contributed by atoms with Crippen LogP contribution in [0.1, 0.15) is 6.42 Å². The third kappa shape index (κ3) is 1.48. The number of hydrogen-bond acceptors (Lipinski definition) is 4. The van der Waals surface area contributed by atoms with Crippen molar-refractivity contribution < 1.29 is 9.47 Å². The monoisotopic (exact) mass is 155 g/mol. The molecule has 1 aliphatic rings. The molecule has 11 heavy (non-hydrogen) atoms. The Kier molecular flexibility index (Phi) is 1.72. The van der Waals surface area contributed by atoms with Gasteiger partial charge in [-0.2, -0.15) is 10.1 Å². The Morgan fingerprint density at radius 2 is 2.73 bits per heavy atom. The third-order valence-corrected chi connectivity index (χ3v) is 1.56. The summed E-state index contributed by atoms with van der Waals surface area (Å²) in [6.45, 7) is 1.43. The minimum Gasteiger partial charge on any atom is -0.458 e. The normalized spacial score (nSPS) is 23.8. The summed E-state index contributed by atoms with van der Waals surface area (Å²) >= 11 is 0. The van der Waals surface area contributed by atoms with E-state index >= 15 is 0 Å². The van der Waals surface area contributed by atoms with Gasteiger partial charge in [0.25, 0.3) is 0 Å². The van der Waals surface area contributed by atoms with E-state index < -0.39 is 0 Å². The van der Waals surface area contributed by atoms with Crippen LogP contribution < -0.4 is 4.74 Å². The highest BCUT2D eigenvalue weighted by molar-refractivity contribution is 4.88. The van der Waals surface area contributed by atoms with E-state index in [9.17, 15) is 0 Å².